The fourth-order valence-corrected chi connectivity index (χ4v) is 5.12. The van der Waals surface area contributed by atoms with Crippen molar-refractivity contribution in [3.05, 3.63) is 99.8 Å². The number of nitrogens with zero attached hydrogens (tertiary/aromatic N) is 2. The summed E-state index contributed by atoms with van der Waals surface area (Å²) in [5.74, 6) is -1.77. The van der Waals surface area contributed by atoms with Gasteiger partial charge in [-0.05, 0) is 42.3 Å². The first-order valence-corrected chi connectivity index (χ1v) is 14.4. The summed E-state index contributed by atoms with van der Waals surface area (Å²) < 4.78 is 40.0. The van der Waals surface area contributed by atoms with E-state index in [2.05, 4.69) is 5.32 Å². The van der Waals surface area contributed by atoms with Crippen LogP contribution in [0.4, 0.5) is 10.1 Å². The van der Waals surface area contributed by atoms with Crippen LogP contribution in [0.3, 0.4) is 0 Å². The second-order valence-electron chi connectivity index (χ2n) is 8.58. The van der Waals surface area contributed by atoms with Gasteiger partial charge < -0.3 is 10.2 Å². The molecule has 0 fully saturated rings. The van der Waals surface area contributed by atoms with Gasteiger partial charge in [-0.25, -0.2) is 12.8 Å². The van der Waals surface area contributed by atoms with Crippen LogP contribution in [0.5, 0.6) is 0 Å². The predicted octanol–water partition coefficient (Wildman–Crippen LogP) is 4.67. The summed E-state index contributed by atoms with van der Waals surface area (Å²) in [7, 11) is -3.99. The Morgan fingerprint density at radius 1 is 0.974 bits per heavy atom. The standard InChI is InChI=1S/C27H28Cl2FN3O4S/c1-3-31-27(35)25(15-19-9-5-4-6-10-19)32(17-20-11-7-8-12-22(20)28)26(34)18-33(38(2,36)37)21-13-14-24(30)23(29)16-21/h4-14,16,25H,3,15,17-18H2,1-2H3,(H,31,35)/t25-/m0/s1. The van der Waals surface area contributed by atoms with E-state index in [0.717, 1.165) is 28.3 Å². The van der Waals surface area contributed by atoms with E-state index in [1.54, 1.807) is 31.2 Å². The molecule has 1 N–H and O–H groups in total. The molecule has 3 rings (SSSR count). The molecule has 0 unspecified atom stereocenters. The highest BCUT2D eigenvalue weighted by atomic mass is 35.5. The highest BCUT2D eigenvalue weighted by molar-refractivity contribution is 7.92. The molecule has 0 radical (unpaired) electrons. The van der Waals surface area contributed by atoms with Crippen LogP contribution in [0.1, 0.15) is 18.1 Å². The minimum absolute atomic E-state index is 0.0163. The number of hydrogen-bond acceptors (Lipinski definition) is 4. The lowest BCUT2D eigenvalue weighted by atomic mass is 10.0. The molecule has 11 heteroatoms. The summed E-state index contributed by atoms with van der Waals surface area (Å²) in [5, 5.41) is 2.88. The smallest absolute Gasteiger partial charge is 0.244 e. The molecular formula is C27H28Cl2FN3O4S. The Kier molecular flexibility index (Phi) is 10.1. The van der Waals surface area contributed by atoms with Crippen molar-refractivity contribution in [1.82, 2.24) is 10.2 Å². The Labute approximate surface area is 232 Å². The van der Waals surface area contributed by atoms with Gasteiger partial charge in [0.15, 0.2) is 0 Å². The van der Waals surface area contributed by atoms with E-state index in [0.29, 0.717) is 17.1 Å². The molecule has 0 aromatic heterocycles. The molecule has 3 aromatic carbocycles. The largest absolute Gasteiger partial charge is 0.355 e. The third kappa shape index (κ3) is 7.69. The maximum atomic E-state index is 13.9. The summed E-state index contributed by atoms with van der Waals surface area (Å²) in [6.45, 7) is 1.41. The first kappa shape index (κ1) is 29.4. The molecule has 38 heavy (non-hydrogen) atoms. The number of halogens is 3. The topological polar surface area (TPSA) is 86.8 Å². The van der Waals surface area contributed by atoms with Crippen LogP contribution in [-0.4, -0.2) is 50.5 Å². The summed E-state index contributed by atoms with van der Waals surface area (Å²) >= 11 is 12.3. The summed E-state index contributed by atoms with van der Waals surface area (Å²) in [4.78, 5) is 28.5. The fourth-order valence-electron chi connectivity index (χ4n) is 3.91. The van der Waals surface area contributed by atoms with Crippen LogP contribution in [0.25, 0.3) is 0 Å². The van der Waals surface area contributed by atoms with E-state index in [-0.39, 0.29) is 23.7 Å². The first-order valence-electron chi connectivity index (χ1n) is 11.8. The molecule has 7 nitrogen and oxygen atoms in total. The lowest BCUT2D eigenvalue weighted by molar-refractivity contribution is -0.140. The van der Waals surface area contributed by atoms with Gasteiger partial charge in [-0.1, -0.05) is 71.7 Å². The Morgan fingerprint density at radius 2 is 1.63 bits per heavy atom. The highest BCUT2D eigenvalue weighted by Gasteiger charge is 2.33. The van der Waals surface area contributed by atoms with E-state index in [1.165, 1.54) is 11.0 Å². The van der Waals surface area contributed by atoms with Crippen molar-refractivity contribution in [3.8, 4) is 0 Å². The second kappa shape index (κ2) is 13.1. The van der Waals surface area contributed by atoms with Crippen molar-refractivity contribution in [2.75, 3.05) is 23.7 Å². The predicted molar refractivity (Wildman–Crippen MR) is 148 cm³/mol. The fraction of sp³-hybridized carbons (Fsp3) is 0.259. The maximum Gasteiger partial charge on any atom is 0.244 e. The van der Waals surface area contributed by atoms with Gasteiger partial charge in [0.2, 0.25) is 21.8 Å². The minimum Gasteiger partial charge on any atom is -0.355 e. The molecule has 0 aliphatic carbocycles. The number of carbonyl (C=O) groups is 2. The van der Waals surface area contributed by atoms with Gasteiger partial charge in [0.25, 0.3) is 0 Å². The van der Waals surface area contributed by atoms with Crippen LogP contribution in [0.2, 0.25) is 10.0 Å². The Balaban J connectivity index is 2.06. The van der Waals surface area contributed by atoms with Crippen molar-refractivity contribution in [3.63, 3.8) is 0 Å². The van der Waals surface area contributed by atoms with Crippen LogP contribution >= 0.6 is 23.2 Å². The average molecular weight is 581 g/mol. The SMILES string of the molecule is CCNC(=O)[C@H](Cc1ccccc1)N(Cc1ccccc1Cl)C(=O)CN(c1ccc(F)c(Cl)c1)S(C)(=O)=O. The molecule has 0 aliphatic rings. The Morgan fingerprint density at radius 3 is 2.24 bits per heavy atom. The molecule has 1 atom stereocenters. The molecule has 0 heterocycles. The number of benzene rings is 3. The molecule has 3 aromatic rings. The summed E-state index contributed by atoms with van der Waals surface area (Å²) in [5.41, 5.74) is 1.41. The number of nitrogens with one attached hydrogen (secondary N) is 1. The van der Waals surface area contributed by atoms with Gasteiger partial charge in [-0.15, -0.1) is 0 Å². The van der Waals surface area contributed by atoms with Gasteiger partial charge in [0.1, 0.15) is 18.4 Å². The van der Waals surface area contributed by atoms with Crippen molar-refractivity contribution in [1.29, 1.82) is 0 Å². The highest BCUT2D eigenvalue weighted by Crippen LogP contribution is 2.26. The third-order valence-corrected chi connectivity index (χ3v) is 7.59. The zero-order chi connectivity index (χ0) is 27.9. The zero-order valence-electron chi connectivity index (χ0n) is 20.9. The molecule has 2 amide bonds. The quantitative estimate of drug-likeness (QED) is 0.357. The monoisotopic (exact) mass is 579 g/mol. The van der Waals surface area contributed by atoms with E-state index in [4.69, 9.17) is 23.2 Å². The van der Waals surface area contributed by atoms with Gasteiger partial charge in [0.05, 0.1) is 17.0 Å². The van der Waals surface area contributed by atoms with Crippen LogP contribution in [0, 0.1) is 5.82 Å². The minimum atomic E-state index is -3.99. The third-order valence-electron chi connectivity index (χ3n) is 5.79. The molecular weight excluding hydrogens is 552 g/mol. The van der Waals surface area contributed by atoms with Crippen molar-refractivity contribution in [2.24, 2.45) is 0 Å². The Hall–Kier alpha value is -3.14. The summed E-state index contributed by atoms with van der Waals surface area (Å²) in [6, 6.07) is 18.5. The Bertz CT molecular complexity index is 1390. The summed E-state index contributed by atoms with van der Waals surface area (Å²) in [6.07, 6.45) is 1.12. The van der Waals surface area contributed by atoms with E-state index < -0.39 is 40.2 Å². The van der Waals surface area contributed by atoms with Crippen molar-refractivity contribution >= 4 is 50.7 Å². The number of carbonyl (C=O) groups excluding carboxylic acids is 2. The normalized spacial score (nSPS) is 12.0. The average Bonchev–Trinajstić information content (AvgIpc) is 2.87. The number of amides is 2. The lowest BCUT2D eigenvalue weighted by Gasteiger charge is -2.33. The van der Waals surface area contributed by atoms with Crippen LogP contribution < -0.4 is 9.62 Å². The van der Waals surface area contributed by atoms with Crippen molar-refractivity contribution in [2.45, 2.75) is 25.9 Å². The number of anilines is 1. The van der Waals surface area contributed by atoms with Gasteiger partial charge in [0, 0.05) is 24.5 Å². The van der Waals surface area contributed by atoms with E-state index >= 15 is 0 Å². The van der Waals surface area contributed by atoms with Crippen LogP contribution in [0.15, 0.2) is 72.8 Å². The maximum absolute atomic E-state index is 13.9. The van der Waals surface area contributed by atoms with Crippen molar-refractivity contribution < 1.29 is 22.4 Å². The van der Waals surface area contributed by atoms with E-state index in [1.807, 2.05) is 30.3 Å². The number of sulfonamides is 1. The molecule has 202 valence electrons. The van der Waals surface area contributed by atoms with Crippen LogP contribution in [-0.2, 0) is 32.6 Å². The van der Waals surface area contributed by atoms with E-state index in [9.17, 15) is 22.4 Å². The lowest BCUT2D eigenvalue weighted by Crippen LogP contribution is -2.53. The second-order valence-corrected chi connectivity index (χ2v) is 11.3. The number of rotatable bonds is 11. The molecule has 0 saturated carbocycles. The van der Waals surface area contributed by atoms with Gasteiger partial charge in [-0.3, -0.25) is 13.9 Å². The number of likely N-dealkylation sites (N-methyl/N-ethyl adjacent to an activating group) is 1. The van der Waals surface area contributed by atoms with Gasteiger partial charge in [-0.2, -0.15) is 0 Å². The zero-order valence-corrected chi connectivity index (χ0v) is 23.2. The van der Waals surface area contributed by atoms with Gasteiger partial charge >= 0.3 is 0 Å². The molecule has 0 bridgehead atoms. The molecule has 0 saturated heterocycles. The first-order chi connectivity index (χ1) is 18.0. The number of hydrogen-bond donors (Lipinski definition) is 1. The molecule has 0 spiro atoms. The molecule has 0 aliphatic heterocycles.